The number of benzene rings is 2. The first-order valence-electron chi connectivity index (χ1n) is 11.4. The summed E-state index contributed by atoms with van der Waals surface area (Å²) in [6.07, 6.45) is 4.44. The van der Waals surface area contributed by atoms with E-state index in [1.807, 2.05) is 32.0 Å². The molecule has 1 aliphatic heterocycles. The van der Waals surface area contributed by atoms with Gasteiger partial charge in [0.1, 0.15) is 5.75 Å². The van der Waals surface area contributed by atoms with Crippen LogP contribution in [0.5, 0.6) is 5.75 Å². The van der Waals surface area contributed by atoms with E-state index in [0.717, 1.165) is 35.1 Å². The lowest BCUT2D eigenvalue weighted by molar-refractivity contribution is 0.153. The Morgan fingerprint density at radius 1 is 1.15 bits per heavy atom. The summed E-state index contributed by atoms with van der Waals surface area (Å²) in [5.41, 5.74) is 8.55. The van der Waals surface area contributed by atoms with Crippen LogP contribution in [0, 0.1) is 13.8 Å². The minimum Gasteiger partial charge on any atom is -0.492 e. The zero-order valence-electron chi connectivity index (χ0n) is 19.4. The summed E-state index contributed by atoms with van der Waals surface area (Å²) < 4.78 is 7.34. The molecule has 2 N–H and O–H groups in total. The molecule has 2 heterocycles. The Labute approximate surface area is 198 Å². The molecule has 4 rings (SSSR count). The number of hydrogen-bond donors (Lipinski definition) is 1. The number of primary amides is 1. The number of pyridine rings is 1. The lowest BCUT2D eigenvalue weighted by Gasteiger charge is -2.32. The molecule has 0 radical (unpaired) electrons. The molecular formula is C26H30ClN3O3. The molecule has 3 aromatic rings. The number of hydrogen-bond acceptors (Lipinski definition) is 4. The number of fused-ring (bicyclic) bond motifs is 1. The lowest BCUT2D eigenvalue weighted by atomic mass is 9.98. The van der Waals surface area contributed by atoms with Crippen LogP contribution < -0.4 is 16.0 Å². The predicted molar refractivity (Wildman–Crippen MR) is 133 cm³/mol. The highest BCUT2D eigenvalue weighted by molar-refractivity contribution is 6.31. The second kappa shape index (κ2) is 9.57. The van der Waals surface area contributed by atoms with Gasteiger partial charge in [-0.25, -0.2) is 9.36 Å². The quantitative estimate of drug-likeness (QED) is 0.565. The molecule has 7 heteroatoms. The van der Waals surface area contributed by atoms with Crippen molar-refractivity contribution < 1.29 is 9.53 Å². The smallest absolute Gasteiger partial charge is 0.326 e. The van der Waals surface area contributed by atoms with Crippen molar-refractivity contribution in [3.8, 4) is 16.9 Å². The Kier molecular flexibility index (Phi) is 6.77. The first kappa shape index (κ1) is 23.3. The molecule has 1 amide bonds. The van der Waals surface area contributed by atoms with Crippen LogP contribution in [0.2, 0.25) is 5.02 Å². The van der Waals surface area contributed by atoms with E-state index in [1.54, 1.807) is 18.2 Å². The maximum absolute atomic E-state index is 13.6. The minimum absolute atomic E-state index is 0.340. The molecule has 0 aliphatic carbocycles. The summed E-state index contributed by atoms with van der Waals surface area (Å²) in [6.45, 7) is 5.51. The van der Waals surface area contributed by atoms with Gasteiger partial charge in [0, 0.05) is 16.5 Å². The summed E-state index contributed by atoms with van der Waals surface area (Å²) >= 11 is 6.21. The van der Waals surface area contributed by atoms with Gasteiger partial charge >= 0.3 is 6.03 Å². The molecule has 0 saturated carbocycles. The van der Waals surface area contributed by atoms with Crippen LogP contribution in [0.25, 0.3) is 22.0 Å². The summed E-state index contributed by atoms with van der Waals surface area (Å²) in [5.74, 6) is 0.465. The summed E-state index contributed by atoms with van der Waals surface area (Å²) in [7, 11) is 2.15. The largest absolute Gasteiger partial charge is 0.492 e. The van der Waals surface area contributed by atoms with Crippen LogP contribution >= 0.6 is 11.6 Å². The summed E-state index contributed by atoms with van der Waals surface area (Å²) in [5, 5.41) is 1.04. The van der Waals surface area contributed by atoms with Gasteiger partial charge in [0.15, 0.2) is 0 Å². The Morgan fingerprint density at radius 2 is 1.88 bits per heavy atom. The minimum atomic E-state index is -0.853. The van der Waals surface area contributed by atoms with E-state index >= 15 is 0 Å². The molecule has 2 aromatic carbocycles. The molecule has 1 saturated heterocycles. The van der Waals surface area contributed by atoms with Gasteiger partial charge in [-0.15, -0.1) is 0 Å². The highest BCUT2D eigenvalue weighted by Crippen LogP contribution is 2.36. The van der Waals surface area contributed by atoms with Gasteiger partial charge in [0.25, 0.3) is 5.56 Å². The number of carbonyl (C=O) groups is 1. The van der Waals surface area contributed by atoms with E-state index in [2.05, 4.69) is 11.9 Å². The summed E-state index contributed by atoms with van der Waals surface area (Å²) in [4.78, 5) is 28.3. The van der Waals surface area contributed by atoms with Crippen molar-refractivity contribution >= 4 is 28.5 Å². The molecule has 33 heavy (non-hydrogen) atoms. The van der Waals surface area contributed by atoms with E-state index in [-0.39, 0.29) is 0 Å². The monoisotopic (exact) mass is 467 g/mol. The second-order valence-corrected chi connectivity index (χ2v) is 9.42. The van der Waals surface area contributed by atoms with Gasteiger partial charge in [-0.2, -0.15) is 0 Å². The number of ether oxygens (including phenoxy) is 1. The second-order valence-electron chi connectivity index (χ2n) is 8.99. The van der Waals surface area contributed by atoms with E-state index in [4.69, 9.17) is 22.1 Å². The van der Waals surface area contributed by atoms with E-state index in [0.29, 0.717) is 45.5 Å². The van der Waals surface area contributed by atoms with Gasteiger partial charge in [0.05, 0.1) is 17.7 Å². The number of halogens is 1. The molecule has 1 aromatic heterocycles. The fraction of sp³-hybridized carbons (Fsp3) is 0.385. The van der Waals surface area contributed by atoms with Crippen LogP contribution in [0.4, 0.5) is 4.79 Å². The number of carbonyl (C=O) groups excluding carboxylic acids is 1. The van der Waals surface area contributed by atoms with Crippen molar-refractivity contribution in [1.82, 2.24) is 9.47 Å². The van der Waals surface area contributed by atoms with Gasteiger partial charge in [-0.3, -0.25) is 4.79 Å². The first-order chi connectivity index (χ1) is 15.8. The number of amides is 1. The van der Waals surface area contributed by atoms with E-state index in [1.165, 1.54) is 12.8 Å². The van der Waals surface area contributed by atoms with Crippen molar-refractivity contribution in [2.24, 2.45) is 5.73 Å². The SMILES string of the molecule is Cc1cc(C)cc(-c2c(OCCC3CCCCN3C)c3ccc(Cl)cc3n(C(N)=O)c2=O)c1. The van der Waals surface area contributed by atoms with Crippen molar-refractivity contribution in [2.75, 3.05) is 20.2 Å². The molecule has 0 spiro atoms. The number of aromatic nitrogens is 1. The number of aryl methyl sites for hydroxylation is 2. The zero-order valence-corrected chi connectivity index (χ0v) is 20.1. The van der Waals surface area contributed by atoms with Crippen LogP contribution in [-0.4, -0.2) is 41.7 Å². The van der Waals surface area contributed by atoms with E-state index < -0.39 is 11.6 Å². The molecule has 6 nitrogen and oxygen atoms in total. The van der Waals surface area contributed by atoms with Crippen LogP contribution in [-0.2, 0) is 0 Å². The maximum Gasteiger partial charge on any atom is 0.326 e. The van der Waals surface area contributed by atoms with Crippen LogP contribution in [0.15, 0.2) is 41.2 Å². The van der Waals surface area contributed by atoms with Crippen molar-refractivity contribution in [3.05, 3.63) is 62.9 Å². The van der Waals surface area contributed by atoms with Crippen molar-refractivity contribution in [2.45, 2.75) is 45.6 Å². The van der Waals surface area contributed by atoms with Crippen molar-refractivity contribution in [1.29, 1.82) is 0 Å². The normalized spacial score (nSPS) is 16.8. The fourth-order valence-corrected chi connectivity index (χ4v) is 5.05. The topological polar surface area (TPSA) is 77.6 Å². The molecule has 0 bridgehead atoms. The number of likely N-dealkylation sites (tertiary alicyclic amines) is 1. The first-order valence-corrected chi connectivity index (χ1v) is 11.7. The average Bonchev–Trinajstić information content (AvgIpc) is 2.73. The van der Waals surface area contributed by atoms with Gasteiger partial charge in [-0.1, -0.05) is 47.3 Å². The molecule has 1 unspecified atom stereocenters. The number of rotatable bonds is 5. The predicted octanol–water partition coefficient (Wildman–Crippen LogP) is 5.12. The highest BCUT2D eigenvalue weighted by atomic mass is 35.5. The fourth-order valence-electron chi connectivity index (χ4n) is 4.88. The Hall–Kier alpha value is -2.83. The van der Waals surface area contributed by atoms with Gasteiger partial charge in [0.2, 0.25) is 0 Å². The highest BCUT2D eigenvalue weighted by Gasteiger charge is 2.24. The third kappa shape index (κ3) is 4.77. The standard InChI is InChI=1S/C26H30ClN3O3/c1-16-12-17(2)14-18(13-16)23-24(33-11-9-20-6-4-5-10-29(20)3)21-8-7-19(27)15-22(21)30(25(23)31)26(28)32/h7-8,12-15,20H,4-6,9-11H2,1-3H3,(H2,28,32). The molecular weight excluding hydrogens is 438 g/mol. The Morgan fingerprint density at radius 3 is 2.55 bits per heavy atom. The van der Waals surface area contributed by atoms with E-state index in [9.17, 15) is 9.59 Å². The number of piperidine rings is 1. The number of nitrogens with two attached hydrogens (primary N) is 1. The number of nitrogens with zero attached hydrogens (tertiary/aromatic N) is 2. The molecule has 1 aliphatic rings. The third-order valence-electron chi connectivity index (χ3n) is 6.44. The third-order valence-corrected chi connectivity index (χ3v) is 6.67. The van der Waals surface area contributed by atoms with Crippen LogP contribution in [0.1, 0.15) is 36.8 Å². The summed E-state index contributed by atoms with van der Waals surface area (Å²) in [6, 6.07) is 10.6. The Balaban J connectivity index is 1.87. The maximum atomic E-state index is 13.6. The van der Waals surface area contributed by atoms with Crippen molar-refractivity contribution in [3.63, 3.8) is 0 Å². The van der Waals surface area contributed by atoms with Gasteiger partial charge in [-0.05, 0) is 70.5 Å². The molecule has 174 valence electrons. The zero-order chi connectivity index (χ0) is 23.7. The van der Waals surface area contributed by atoms with Gasteiger partial charge < -0.3 is 15.4 Å². The lowest BCUT2D eigenvalue weighted by Crippen LogP contribution is -2.37. The van der Waals surface area contributed by atoms with Crippen LogP contribution in [0.3, 0.4) is 0 Å². The Bertz CT molecular complexity index is 1250. The molecule has 1 fully saturated rings. The molecule has 1 atom stereocenters. The average molecular weight is 468 g/mol.